The summed E-state index contributed by atoms with van der Waals surface area (Å²) in [5.41, 5.74) is 8.46. The highest BCUT2D eigenvalue weighted by molar-refractivity contribution is 6.00. The Balaban J connectivity index is 0.000000306. The predicted molar refractivity (Wildman–Crippen MR) is 149 cm³/mol. The lowest BCUT2D eigenvalue weighted by Gasteiger charge is -2.25. The van der Waals surface area contributed by atoms with Crippen molar-refractivity contribution in [1.29, 1.82) is 0 Å². The fourth-order valence-electron chi connectivity index (χ4n) is 4.74. The molecule has 1 saturated heterocycles. The van der Waals surface area contributed by atoms with Gasteiger partial charge < -0.3 is 15.4 Å². The number of ether oxygens (including phenoxy) is 1. The summed E-state index contributed by atoms with van der Waals surface area (Å²) < 4.78 is 20.3. The van der Waals surface area contributed by atoms with E-state index in [1.807, 2.05) is 54.3 Å². The molecule has 0 unspecified atom stereocenters. The minimum absolute atomic E-state index is 0.0296. The van der Waals surface area contributed by atoms with Gasteiger partial charge in [-0.05, 0) is 72.6 Å². The van der Waals surface area contributed by atoms with Crippen LogP contribution in [0.3, 0.4) is 0 Å². The van der Waals surface area contributed by atoms with Gasteiger partial charge >= 0.3 is 0 Å². The number of benzene rings is 3. The zero-order valence-corrected chi connectivity index (χ0v) is 21.9. The van der Waals surface area contributed by atoms with Crippen molar-refractivity contribution < 1.29 is 18.7 Å². The Morgan fingerprint density at radius 2 is 1.68 bits per heavy atom. The van der Waals surface area contributed by atoms with Crippen LogP contribution < -0.4 is 15.4 Å². The summed E-state index contributed by atoms with van der Waals surface area (Å²) in [5.74, 6) is 0.0277. The summed E-state index contributed by atoms with van der Waals surface area (Å²) in [4.78, 5) is 32.4. The number of methoxy groups -OCH3 is 1. The van der Waals surface area contributed by atoms with Crippen molar-refractivity contribution in [2.75, 3.05) is 12.0 Å². The molecule has 6 rings (SSSR count). The van der Waals surface area contributed by atoms with Gasteiger partial charge in [0, 0.05) is 29.4 Å². The van der Waals surface area contributed by atoms with Crippen molar-refractivity contribution in [3.8, 4) is 11.4 Å². The molecule has 3 aromatic carbocycles. The van der Waals surface area contributed by atoms with Crippen LogP contribution in [0.4, 0.5) is 10.1 Å². The lowest BCUT2D eigenvalue weighted by Crippen LogP contribution is -2.28. The van der Waals surface area contributed by atoms with Gasteiger partial charge in [0.2, 0.25) is 11.7 Å². The third-order valence-corrected chi connectivity index (χ3v) is 6.74. The molecular weight excluding hydrogens is 511 g/mol. The Morgan fingerprint density at radius 1 is 1.00 bits per heavy atom. The van der Waals surface area contributed by atoms with Crippen molar-refractivity contribution in [2.45, 2.75) is 19.4 Å². The number of carbonyl (C=O) groups is 2. The maximum Gasteiger partial charge on any atom is 0.286 e. The first-order valence-corrected chi connectivity index (χ1v) is 12.6. The Morgan fingerprint density at radius 3 is 2.30 bits per heavy atom. The quantitative estimate of drug-likeness (QED) is 0.342. The highest BCUT2D eigenvalue weighted by Gasteiger charge is 2.38. The van der Waals surface area contributed by atoms with E-state index in [0.29, 0.717) is 0 Å². The molecule has 0 bridgehead atoms. The molecule has 40 heavy (non-hydrogen) atoms. The van der Waals surface area contributed by atoms with Crippen LogP contribution in [0.5, 0.6) is 5.75 Å². The number of hydrogen-bond donors (Lipinski definition) is 1. The SMILES string of the molecule is COc1ccc([C@@H]2C[C@H](C)C(=O)N2c2ccc3c(cnn3-c3ccc(F)cc3)c2)cc1.NC(=O)c1ncccn1. The standard InChI is InChI=1S/C25H22FN3O2.C5H5N3O/c1-16-13-24(17-3-10-22(31-2)11-4-17)28(25(16)30)21-9-12-23-18(14-21)15-27-29(23)20-7-5-19(26)6-8-20;6-4(9)5-7-2-1-3-8-5/h3-12,14-16,24H,13H2,1-2H3;1-3H,(H2,6,9)/t16-,24-;/m0./s1. The van der Waals surface area contributed by atoms with Gasteiger partial charge in [0.1, 0.15) is 11.6 Å². The molecule has 2 N–H and O–H groups in total. The molecule has 1 aliphatic rings. The van der Waals surface area contributed by atoms with Crippen LogP contribution in [0.25, 0.3) is 16.6 Å². The molecule has 10 heteroatoms. The maximum atomic E-state index is 13.3. The monoisotopic (exact) mass is 538 g/mol. The van der Waals surface area contributed by atoms with Crippen molar-refractivity contribution in [3.63, 3.8) is 0 Å². The molecule has 0 saturated carbocycles. The minimum Gasteiger partial charge on any atom is -0.497 e. The number of hydrogen-bond acceptors (Lipinski definition) is 6. The van der Waals surface area contributed by atoms with Gasteiger partial charge in [-0.2, -0.15) is 5.10 Å². The number of aromatic nitrogens is 4. The number of primary amides is 1. The molecule has 1 fully saturated rings. The topological polar surface area (TPSA) is 116 Å². The van der Waals surface area contributed by atoms with E-state index in [1.165, 1.54) is 24.5 Å². The van der Waals surface area contributed by atoms with Crippen LogP contribution in [-0.2, 0) is 4.79 Å². The number of carbonyl (C=O) groups excluding carboxylic acids is 2. The Kier molecular flexibility index (Phi) is 7.50. The Hall–Kier alpha value is -5.12. The first-order valence-electron chi connectivity index (χ1n) is 12.6. The minimum atomic E-state index is -0.601. The Labute approximate surface area is 230 Å². The number of amides is 2. The number of fused-ring (bicyclic) bond motifs is 1. The summed E-state index contributed by atoms with van der Waals surface area (Å²) in [5, 5.41) is 5.39. The highest BCUT2D eigenvalue weighted by Crippen LogP contribution is 2.41. The van der Waals surface area contributed by atoms with E-state index in [1.54, 1.807) is 36.2 Å². The van der Waals surface area contributed by atoms with Gasteiger partial charge in [-0.25, -0.2) is 19.0 Å². The number of halogens is 1. The summed E-state index contributed by atoms with van der Waals surface area (Å²) in [7, 11) is 1.64. The van der Waals surface area contributed by atoms with Crippen molar-refractivity contribution in [2.24, 2.45) is 11.7 Å². The van der Waals surface area contributed by atoms with E-state index in [2.05, 4.69) is 15.1 Å². The van der Waals surface area contributed by atoms with Crippen molar-refractivity contribution >= 4 is 28.4 Å². The van der Waals surface area contributed by atoms with Crippen molar-refractivity contribution in [1.82, 2.24) is 19.7 Å². The second kappa shape index (κ2) is 11.3. The average Bonchev–Trinajstić information content (AvgIpc) is 3.54. The molecule has 1 aliphatic heterocycles. The van der Waals surface area contributed by atoms with E-state index < -0.39 is 5.91 Å². The van der Waals surface area contributed by atoms with Crippen LogP contribution in [0.1, 0.15) is 35.6 Å². The molecule has 2 amide bonds. The van der Waals surface area contributed by atoms with E-state index >= 15 is 0 Å². The molecule has 202 valence electrons. The van der Waals surface area contributed by atoms with Crippen LogP contribution in [0.15, 0.2) is 91.4 Å². The van der Waals surface area contributed by atoms with Crippen LogP contribution >= 0.6 is 0 Å². The first kappa shape index (κ1) is 26.5. The van der Waals surface area contributed by atoms with Gasteiger partial charge in [0.05, 0.1) is 30.6 Å². The molecule has 3 heterocycles. The fourth-order valence-corrected chi connectivity index (χ4v) is 4.74. The van der Waals surface area contributed by atoms with E-state index in [4.69, 9.17) is 10.5 Å². The van der Waals surface area contributed by atoms with Gasteiger partial charge in [0.15, 0.2) is 0 Å². The lowest BCUT2D eigenvalue weighted by atomic mass is 10.0. The molecule has 0 spiro atoms. The van der Waals surface area contributed by atoms with Crippen LogP contribution in [0.2, 0.25) is 0 Å². The zero-order chi connectivity index (χ0) is 28.2. The summed E-state index contributed by atoms with van der Waals surface area (Å²) in [6, 6.07) is 21.6. The fraction of sp³-hybridized carbons (Fsp3) is 0.167. The number of nitrogens with two attached hydrogens (primary N) is 1. The average molecular weight is 539 g/mol. The molecule has 2 aromatic heterocycles. The summed E-state index contributed by atoms with van der Waals surface area (Å²) in [6.07, 6.45) is 5.47. The van der Waals surface area contributed by atoms with Gasteiger partial charge in [-0.1, -0.05) is 19.1 Å². The maximum absolute atomic E-state index is 13.3. The van der Waals surface area contributed by atoms with E-state index in [-0.39, 0.29) is 29.5 Å². The summed E-state index contributed by atoms with van der Waals surface area (Å²) >= 11 is 0. The molecule has 9 nitrogen and oxygen atoms in total. The predicted octanol–water partition coefficient (Wildman–Crippen LogP) is 4.86. The third kappa shape index (κ3) is 5.37. The highest BCUT2D eigenvalue weighted by atomic mass is 19.1. The summed E-state index contributed by atoms with van der Waals surface area (Å²) in [6.45, 7) is 1.98. The molecule has 5 aromatic rings. The number of nitrogens with zero attached hydrogens (tertiary/aromatic N) is 5. The third-order valence-electron chi connectivity index (χ3n) is 6.74. The zero-order valence-electron chi connectivity index (χ0n) is 21.9. The van der Waals surface area contributed by atoms with Gasteiger partial charge in [0.25, 0.3) is 5.91 Å². The van der Waals surface area contributed by atoms with Crippen LogP contribution in [-0.4, -0.2) is 38.7 Å². The van der Waals surface area contributed by atoms with E-state index in [0.717, 1.165) is 40.0 Å². The smallest absolute Gasteiger partial charge is 0.286 e. The molecule has 0 radical (unpaired) electrons. The molecular formula is C30H27FN6O3. The second-order valence-corrected chi connectivity index (χ2v) is 9.35. The van der Waals surface area contributed by atoms with Crippen molar-refractivity contribution in [3.05, 3.63) is 109 Å². The van der Waals surface area contributed by atoms with Crippen LogP contribution in [0, 0.1) is 11.7 Å². The largest absolute Gasteiger partial charge is 0.497 e. The first-order chi connectivity index (χ1) is 19.4. The molecule has 2 atom stereocenters. The number of anilines is 1. The lowest BCUT2D eigenvalue weighted by molar-refractivity contribution is -0.120. The normalized spacial score (nSPS) is 16.5. The van der Waals surface area contributed by atoms with Gasteiger partial charge in [-0.3, -0.25) is 9.59 Å². The molecule has 0 aliphatic carbocycles. The second-order valence-electron chi connectivity index (χ2n) is 9.35. The van der Waals surface area contributed by atoms with E-state index in [9.17, 15) is 14.0 Å². The Bertz CT molecular complexity index is 1640. The van der Waals surface area contributed by atoms with Gasteiger partial charge in [-0.15, -0.1) is 0 Å². The number of rotatable bonds is 5.